The number of nitrogens with zero attached hydrogens (tertiary/aromatic N) is 1. The molecule has 0 fully saturated rings. The number of aliphatic hydroxyl groups is 1. The third-order valence-electron chi connectivity index (χ3n) is 3.53. The summed E-state index contributed by atoms with van der Waals surface area (Å²) in [7, 11) is 0. The van der Waals surface area contributed by atoms with Crippen LogP contribution >= 0.6 is 11.3 Å². The molecule has 23 heavy (non-hydrogen) atoms. The van der Waals surface area contributed by atoms with Gasteiger partial charge in [-0.1, -0.05) is 0 Å². The van der Waals surface area contributed by atoms with Gasteiger partial charge in [0.05, 0.1) is 21.2 Å². The lowest BCUT2D eigenvalue weighted by Crippen LogP contribution is -2.38. The molecule has 0 spiro atoms. The standard InChI is InChI=1S/C15H18N2O5S/c1-8-5-11(9(2)22-8)15(4,19)7-16-14(18)13-6-12(17(20)21)10(3)23-13/h5-6,19H,7H2,1-4H3,(H,16,18). The van der Waals surface area contributed by atoms with Gasteiger partial charge in [0.25, 0.3) is 11.6 Å². The van der Waals surface area contributed by atoms with Gasteiger partial charge in [-0.05, 0) is 33.8 Å². The van der Waals surface area contributed by atoms with E-state index in [1.54, 1.807) is 33.8 Å². The maximum absolute atomic E-state index is 12.1. The number of nitro groups is 1. The highest BCUT2D eigenvalue weighted by molar-refractivity contribution is 7.14. The average Bonchev–Trinajstić information content (AvgIpc) is 2.99. The van der Waals surface area contributed by atoms with E-state index in [4.69, 9.17) is 4.42 Å². The predicted molar refractivity (Wildman–Crippen MR) is 85.8 cm³/mol. The first kappa shape index (κ1) is 17.2. The van der Waals surface area contributed by atoms with Crippen molar-refractivity contribution in [1.29, 1.82) is 0 Å². The summed E-state index contributed by atoms with van der Waals surface area (Å²) in [5, 5.41) is 24.0. The summed E-state index contributed by atoms with van der Waals surface area (Å²) in [5.41, 5.74) is -0.771. The van der Waals surface area contributed by atoms with Crippen molar-refractivity contribution in [2.24, 2.45) is 0 Å². The molecule has 124 valence electrons. The van der Waals surface area contributed by atoms with Gasteiger partial charge < -0.3 is 14.8 Å². The van der Waals surface area contributed by atoms with Crippen LogP contribution in [0.2, 0.25) is 0 Å². The number of carbonyl (C=O) groups is 1. The first-order valence-electron chi connectivity index (χ1n) is 6.94. The zero-order valence-corrected chi connectivity index (χ0v) is 14.1. The molecule has 0 saturated carbocycles. The van der Waals surface area contributed by atoms with E-state index in [0.29, 0.717) is 22.0 Å². The third-order valence-corrected chi connectivity index (χ3v) is 4.56. The lowest BCUT2D eigenvalue weighted by Gasteiger charge is -2.23. The van der Waals surface area contributed by atoms with Gasteiger partial charge in [-0.3, -0.25) is 14.9 Å². The Morgan fingerprint density at radius 3 is 2.57 bits per heavy atom. The fraction of sp³-hybridized carbons (Fsp3) is 0.400. The molecule has 0 aliphatic heterocycles. The summed E-state index contributed by atoms with van der Waals surface area (Å²) in [6.45, 7) is 6.65. The Morgan fingerprint density at radius 2 is 2.09 bits per heavy atom. The summed E-state index contributed by atoms with van der Waals surface area (Å²) in [6, 6.07) is 2.97. The third kappa shape index (κ3) is 3.59. The molecular formula is C15H18N2O5S. The van der Waals surface area contributed by atoms with Crippen LogP contribution in [0.25, 0.3) is 0 Å². The average molecular weight is 338 g/mol. The number of hydrogen-bond donors (Lipinski definition) is 2. The first-order valence-corrected chi connectivity index (χ1v) is 7.76. The highest BCUT2D eigenvalue weighted by atomic mass is 32.1. The predicted octanol–water partition coefficient (Wildman–Crippen LogP) is 2.81. The van der Waals surface area contributed by atoms with Gasteiger partial charge in [-0.25, -0.2) is 0 Å². The molecule has 2 aromatic rings. The second-order valence-corrected chi connectivity index (χ2v) is 6.85. The quantitative estimate of drug-likeness (QED) is 0.644. The van der Waals surface area contributed by atoms with Gasteiger partial charge in [0.15, 0.2) is 0 Å². The molecule has 8 heteroatoms. The highest BCUT2D eigenvalue weighted by Gasteiger charge is 2.29. The number of amides is 1. The minimum Gasteiger partial charge on any atom is -0.466 e. The van der Waals surface area contributed by atoms with Crippen molar-refractivity contribution in [3.8, 4) is 0 Å². The van der Waals surface area contributed by atoms with E-state index in [1.165, 1.54) is 6.07 Å². The number of carbonyl (C=O) groups excluding carboxylic acids is 1. The molecule has 2 heterocycles. The highest BCUT2D eigenvalue weighted by Crippen LogP contribution is 2.29. The molecule has 1 amide bonds. The zero-order valence-electron chi connectivity index (χ0n) is 13.3. The largest absolute Gasteiger partial charge is 0.466 e. The van der Waals surface area contributed by atoms with Crippen LogP contribution in [0.15, 0.2) is 16.5 Å². The van der Waals surface area contributed by atoms with Crippen LogP contribution in [-0.4, -0.2) is 22.5 Å². The fourth-order valence-electron chi connectivity index (χ4n) is 2.37. The Labute approximate surface area is 137 Å². The summed E-state index contributed by atoms with van der Waals surface area (Å²) >= 11 is 1.05. The molecule has 1 unspecified atom stereocenters. The molecule has 0 radical (unpaired) electrons. The Kier molecular flexibility index (Phi) is 4.58. The lowest BCUT2D eigenvalue weighted by molar-refractivity contribution is -0.385. The number of furan rings is 1. The zero-order chi connectivity index (χ0) is 17.4. The van der Waals surface area contributed by atoms with Gasteiger partial charge in [-0.15, -0.1) is 11.3 Å². The van der Waals surface area contributed by atoms with Crippen LogP contribution in [0.1, 0.15) is 38.6 Å². The van der Waals surface area contributed by atoms with Crippen LogP contribution in [-0.2, 0) is 5.60 Å². The van der Waals surface area contributed by atoms with Crippen molar-refractivity contribution in [3.63, 3.8) is 0 Å². The number of thiophene rings is 1. The van der Waals surface area contributed by atoms with Crippen molar-refractivity contribution < 1.29 is 19.2 Å². The van der Waals surface area contributed by atoms with Crippen molar-refractivity contribution in [2.45, 2.75) is 33.3 Å². The monoisotopic (exact) mass is 338 g/mol. The SMILES string of the molecule is Cc1cc(C(C)(O)CNC(=O)c2cc([N+](=O)[O-])c(C)s2)c(C)o1. The Morgan fingerprint density at radius 1 is 1.43 bits per heavy atom. The molecule has 2 N–H and O–H groups in total. The van der Waals surface area contributed by atoms with Crippen molar-refractivity contribution in [3.05, 3.63) is 49.1 Å². The van der Waals surface area contributed by atoms with Crippen LogP contribution in [0, 0.1) is 30.9 Å². The number of hydrogen-bond acceptors (Lipinski definition) is 6. The lowest BCUT2D eigenvalue weighted by atomic mass is 9.96. The van der Waals surface area contributed by atoms with Crippen molar-refractivity contribution in [1.82, 2.24) is 5.32 Å². The van der Waals surface area contributed by atoms with Crippen molar-refractivity contribution >= 4 is 22.9 Å². The molecular weight excluding hydrogens is 320 g/mol. The molecule has 2 aromatic heterocycles. The molecule has 0 aliphatic rings. The second kappa shape index (κ2) is 6.13. The smallest absolute Gasteiger partial charge is 0.283 e. The Bertz CT molecular complexity index is 760. The van der Waals surface area contributed by atoms with Crippen molar-refractivity contribution in [2.75, 3.05) is 6.54 Å². The van der Waals surface area contributed by atoms with E-state index >= 15 is 0 Å². The fourth-order valence-corrected chi connectivity index (χ4v) is 3.27. The van der Waals surface area contributed by atoms with Crippen LogP contribution in [0.4, 0.5) is 5.69 Å². The van der Waals surface area contributed by atoms with E-state index in [-0.39, 0.29) is 17.1 Å². The van der Waals surface area contributed by atoms with E-state index < -0.39 is 16.4 Å². The second-order valence-electron chi connectivity index (χ2n) is 5.59. The van der Waals surface area contributed by atoms with E-state index in [1.807, 2.05) is 0 Å². The normalized spacial score (nSPS) is 13.6. The molecule has 0 bridgehead atoms. The topological polar surface area (TPSA) is 106 Å². The van der Waals surface area contributed by atoms with E-state index in [0.717, 1.165) is 11.3 Å². The van der Waals surface area contributed by atoms with Gasteiger partial charge in [0.1, 0.15) is 17.1 Å². The van der Waals surface area contributed by atoms with Crippen LogP contribution in [0.3, 0.4) is 0 Å². The molecule has 0 saturated heterocycles. The summed E-state index contributed by atoms with van der Waals surface area (Å²) < 4.78 is 5.39. The molecule has 7 nitrogen and oxygen atoms in total. The minimum atomic E-state index is -1.30. The maximum atomic E-state index is 12.1. The molecule has 0 aromatic carbocycles. The Balaban J connectivity index is 2.10. The first-order chi connectivity index (χ1) is 10.6. The molecule has 1 atom stereocenters. The summed E-state index contributed by atoms with van der Waals surface area (Å²) in [4.78, 5) is 23.2. The maximum Gasteiger partial charge on any atom is 0.283 e. The van der Waals surface area contributed by atoms with Crippen LogP contribution in [0.5, 0.6) is 0 Å². The summed E-state index contributed by atoms with van der Waals surface area (Å²) in [6.07, 6.45) is 0. The number of rotatable bonds is 5. The van der Waals surface area contributed by atoms with E-state index in [9.17, 15) is 20.0 Å². The number of nitrogens with one attached hydrogen (secondary N) is 1. The number of aryl methyl sites for hydroxylation is 3. The molecule has 2 rings (SSSR count). The van der Waals surface area contributed by atoms with Gasteiger partial charge in [0, 0.05) is 11.6 Å². The van der Waals surface area contributed by atoms with E-state index in [2.05, 4.69) is 5.32 Å². The minimum absolute atomic E-state index is 0.0314. The summed E-state index contributed by atoms with van der Waals surface area (Å²) in [5.74, 6) is 0.808. The van der Waals surface area contributed by atoms with Crippen LogP contribution < -0.4 is 5.32 Å². The molecule has 0 aliphatic carbocycles. The van der Waals surface area contributed by atoms with Gasteiger partial charge in [-0.2, -0.15) is 0 Å². The van der Waals surface area contributed by atoms with Gasteiger partial charge >= 0.3 is 0 Å². The van der Waals surface area contributed by atoms with Gasteiger partial charge in [0.2, 0.25) is 0 Å². The Hall–Kier alpha value is -2.19.